The van der Waals surface area contributed by atoms with E-state index in [0.29, 0.717) is 11.6 Å². The SMILES string of the molecule is COC(=O)C(I)(CSCNC(C)=O)NC(=O)C(=O)NCCSCNC(C)=O. The summed E-state index contributed by atoms with van der Waals surface area (Å²) in [7, 11) is 1.17. The maximum Gasteiger partial charge on any atom is 0.342 e. The molecule has 0 aliphatic carbocycles. The predicted molar refractivity (Wildman–Crippen MR) is 112 cm³/mol. The number of methoxy groups -OCH3 is 1. The van der Waals surface area contributed by atoms with Crippen molar-refractivity contribution in [1.29, 1.82) is 0 Å². The lowest BCUT2D eigenvalue weighted by molar-refractivity contribution is -0.147. The van der Waals surface area contributed by atoms with Crippen LogP contribution < -0.4 is 21.3 Å². The van der Waals surface area contributed by atoms with Gasteiger partial charge in [-0.3, -0.25) is 19.2 Å². The van der Waals surface area contributed by atoms with Crippen LogP contribution in [0.3, 0.4) is 0 Å². The van der Waals surface area contributed by atoms with Gasteiger partial charge in [0.15, 0.2) is 3.55 Å². The zero-order valence-corrected chi connectivity index (χ0v) is 19.0. The molecule has 0 aliphatic rings. The van der Waals surface area contributed by atoms with Crippen LogP contribution in [-0.2, 0) is 28.7 Å². The molecule has 154 valence electrons. The van der Waals surface area contributed by atoms with Gasteiger partial charge in [0.2, 0.25) is 11.8 Å². The lowest BCUT2D eigenvalue weighted by Gasteiger charge is -2.25. The molecule has 10 nitrogen and oxygen atoms in total. The second kappa shape index (κ2) is 13.9. The summed E-state index contributed by atoms with van der Waals surface area (Å²) in [6.45, 7) is 2.98. The van der Waals surface area contributed by atoms with E-state index in [1.807, 2.05) is 0 Å². The van der Waals surface area contributed by atoms with Crippen LogP contribution in [0.15, 0.2) is 0 Å². The van der Waals surface area contributed by atoms with Gasteiger partial charge in [-0.05, 0) is 22.6 Å². The van der Waals surface area contributed by atoms with Gasteiger partial charge in [-0.1, -0.05) is 0 Å². The molecule has 0 radical (unpaired) electrons. The van der Waals surface area contributed by atoms with Gasteiger partial charge in [0.25, 0.3) is 0 Å². The van der Waals surface area contributed by atoms with Crippen molar-refractivity contribution in [2.24, 2.45) is 0 Å². The Morgan fingerprint density at radius 1 is 0.926 bits per heavy atom. The van der Waals surface area contributed by atoms with Gasteiger partial charge in [-0.2, -0.15) is 0 Å². The van der Waals surface area contributed by atoms with Crippen LogP contribution in [0, 0.1) is 0 Å². The number of carbonyl (C=O) groups excluding carboxylic acids is 5. The fourth-order valence-corrected chi connectivity index (χ4v) is 4.13. The van der Waals surface area contributed by atoms with E-state index in [-0.39, 0.29) is 30.0 Å². The minimum absolute atomic E-state index is 0.0894. The molecule has 0 aliphatic heterocycles. The molecule has 0 aromatic rings. The van der Waals surface area contributed by atoms with E-state index in [1.54, 1.807) is 22.6 Å². The molecule has 0 saturated carbocycles. The number of hydrogen-bond acceptors (Lipinski definition) is 8. The number of esters is 1. The fraction of sp³-hybridized carbons (Fsp3) is 0.643. The van der Waals surface area contributed by atoms with Crippen molar-refractivity contribution >= 4 is 75.7 Å². The number of alkyl halides is 1. The molecular formula is C14H23IN4O6S2. The molecular weight excluding hydrogens is 511 g/mol. The Balaban J connectivity index is 4.44. The highest BCUT2D eigenvalue weighted by molar-refractivity contribution is 14.1. The van der Waals surface area contributed by atoms with Crippen LogP contribution in [0.25, 0.3) is 0 Å². The smallest absolute Gasteiger partial charge is 0.342 e. The summed E-state index contributed by atoms with van der Waals surface area (Å²) in [6, 6.07) is 0. The first-order valence-electron chi connectivity index (χ1n) is 7.64. The van der Waals surface area contributed by atoms with Crippen LogP contribution >= 0.6 is 46.1 Å². The minimum atomic E-state index is -1.45. The van der Waals surface area contributed by atoms with Gasteiger partial charge in [0, 0.05) is 31.9 Å². The quantitative estimate of drug-likeness (QED) is 0.0512. The van der Waals surface area contributed by atoms with Crippen LogP contribution in [0.2, 0.25) is 0 Å². The first-order chi connectivity index (χ1) is 12.6. The summed E-state index contributed by atoms with van der Waals surface area (Å²) >= 11 is 4.28. The summed E-state index contributed by atoms with van der Waals surface area (Å²) in [5, 5.41) is 9.93. The summed E-state index contributed by atoms with van der Waals surface area (Å²) in [5.41, 5.74) is 0. The van der Waals surface area contributed by atoms with Gasteiger partial charge in [-0.25, -0.2) is 4.79 Å². The maximum atomic E-state index is 12.1. The van der Waals surface area contributed by atoms with Gasteiger partial charge in [0.1, 0.15) is 0 Å². The van der Waals surface area contributed by atoms with E-state index >= 15 is 0 Å². The Morgan fingerprint density at radius 2 is 1.48 bits per heavy atom. The second-order valence-electron chi connectivity index (χ2n) is 5.01. The highest BCUT2D eigenvalue weighted by Crippen LogP contribution is 2.22. The predicted octanol–water partition coefficient (Wildman–Crippen LogP) is -0.823. The van der Waals surface area contributed by atoms with Crippen molar-refractivity contribution in [3.8, 4) is 0 Å². The third kappa shape index (κ3) is 12.0. The van der Waals surface area contributed by atoms with Crippen molar-refractivity contribution in [3.05, 3.63) is 0 Å². The Kier molecular flexibility index (Phi) is 13.2. The normalized spacial score (nSPS) is 12.3. The topological polar surface area (TPSA) is 143 Å². The Labute approximate surface area is 179 Å². The third-order valence-electron chi connectivity index (χ3n) is 2.71. The third-order valence-corrected chi connectivity index (χ3v) is 6.14. The summed E-state index contributed by atoms with van der Waals surface area (Å²) in [5.74, 6) is -1.71. The molecule has 0 aromatic heterocycles. The first kappa shape index (κ1) is 25.8. The fourth-order valence-electron chi connectivity index (χ4n) is 1.43. The Bertz CT molecular complexity index is 566. The van der Waals surface area contributed by atoms with Crippen LogP contribution in [0.1, 0.15) is 13.8 Å². The number of amides is 4. The number of nitrogens with one attached hydrogen (secondary N) is 4. The number of rotatable bonds is 11. The molecule has 4 amide bonds. The molecule has 0 saturated heterocycles. The molecule has 27 heavy (non-hydrogen) atoms. The second-order valence-corrected chi connectivity index (χ2v) is 8.95. The molecule has 4 N–H and O–H groups in total. The molecule has 1 atom stereocenters. The maximum absolute atomic E-state index is 12.1. The van der Waals surface area contributed by atoms with E-state index < -0.39 is 21.3 Å². The Hall–Kier alpha value is -1.22. The average Bonchev–Trinajstić information content (AvgIpc) is 2.60. The summed E-state index contributed by atoms with van der Waals surface area (Å²) < 4.78 is 3.23. The zero-order chi connectivity index (χ0) is 20.9. The van der Waals surface area contributed by atoms with Gasteiger partial charge in [-0.15, -0.1) is 23.5 Å². The van der Waals surface area contributed by atoms with E-state index in [2.05, 4.69) is 26.0 Å². The van der Waals surface area contributed by atoms with Crippen molar-refractivity contribution in [1.82, 2.24) is 21.3 Å². The monoisotopic (exact) mass is 534 g/mol. The summed E-state index contributed by atoms with van der Waals surface area (Å²) in [6.07, 6.45) is 0. The molecule has 0 spiro atoms. The van der Waals surface area contributed by atoms with Crippen molar-refractivity contribution in [3.63, 3.8) is 0 Å². The molecule has 0 heterocycles. The van der Waals surface area contributed by atoms with E-state index in [0.717, 1.165) is 0 Å². The standard InChI is InChI=1S/C14H23IN4O6S2/c1-9(20)17-7-26-5-4-16-11(22)12(23)19-14(15,13(24)25-3)6-27-8-18-10(2)21/h4-8H2,1-3H3,(H,16,22)(H,17,20)(H,18,21)(H,19,23). The highest BCUT2D eigenvalue weighted by atomic mass is 127. The zero-order valence-electron chi connectivity index (χ0n) is 15.2. The van der Waals surface area contributed by atoms with Crippen molar-refractivity contribution in [2.75, 3.05) is 36.9 Å². The number of carbonyl (C=O) groups is 5. The van der Waals surface area contributed by atoms with E-state index in [4.69, 9.17) is 0 Å². The van der Waals surface area contributed by atoms with E-state index in [9.17, 15) is 24.0 Å². The van der Waals surface area contributed by atoms with Gasteiger partial charge >= 0.3 is 17.8 Å². The number of hydrogen-bond donors (Lipinski definition) is 4. The van der Waals surface area contributed by atoms with E-state index in [1.165, 1.54) is 44.5 Å². The largest absolute Gasteiger partial charge is 0.467 e. The van der Waals surface area contributed by atoms with Gasteiger partial charge in [0.05, 0.1) is 18.9 Å². The first-order valence-corrected chi connectivity index (χ1v) is 11.0. The molecule has 0 aromatic carbocycles. The molecule has 0 fully saturated rings. The van der Waals surface area contributed by atoms with Crippen molar-refractivity contribution < 1.29 is 28.7 Å². The lowest BCUT2D eigenvalue weighted by Crippen LogP contribution is -2.56. The van der Waals surface area contributed by atoms with Gasteiger partial charge < -0.3 is 26.0 Å². The Morgan fingerprint density at radius 3 is 2.00 bits per heavy atom. The summed E-state index contributed by atoms with van der Waals surface area (Å²) in [4.78, 5) is 57.5. The van der Waals surface area contributed by atoms with Crippen LogP contribution in [0.5, 0.6) is 0 Å². The number of ether oxygens (including phenoxy) is 1. The molecule has 1 unspecified atom stereocenters. The van der Waals surface area contributed by atoms with Crippen LogP contribution in [-0.4, -0.2) is 70.1 Å². The average molecular weight is 534 g/mol. The minimum Gasteiger partial charge on any atom is -0.467 e. The number of halogens is 1. The van der Waals surface area contributed by atoms with Crippen molar-refractivity contribution in [2.45, 2.75) is 17.4 Å². The molecule has 0 bridgehead atoms. The molecule has 0 rings (SSSR count). The lowest BCUT2D eigenvalue weighted by atomic mass is 10.3. The highest BCUT2D eigenvalue weighted by Gasteiger charge is 2.39. The number of thioether (sulfide) groups is 2. The molecule has 13 heteroatoms. The van der Waals surface area contributed by atoms with Crippen LogP contribution in [0.4, 0.5) is 0 Å².